The van der Waals surface area contributed by atoms with Gasteiger partial charge in [-0.2, -0.15) is 0 Å². The first-order valence-corrected chi connectivity index (χ1v) is 8.76. The van der Waals surface area contributed by atoms with Gasteiger partial charge in [0.25, 0.3) is 5.91 Å². The highest BCUT2D eigenvalue weighted by atomic mass is 35.5. The molecule has 6 nitrogen and oxygen atoms in total. The largest absolute Gasteiger partial charge is 0.479 e. The van der Waals surface area contributed by atoms with E-state index < -0.39 is 6.10 Å². The van der Waals surface area contributed by atoms with E-state index in [1.165, 1.54) is 0 Å². The Balaban J connectivity index is 0.00000243. The molecule has 2 aromatic rings. The van der Waals surface area contributed by atoms with Gasteiger partial charge < -0.3 is 19.5 Å². The van der Waals surface area contributed by atoms with Crippen LogP contribution in [-0.2, 0) is 11.8 Å². The number of ether oxygens (including phenoxy) is 1. The lowest BCUT2D eigenvalue weighted by molar-refractivity contribution is -0.141. The maximum Gasteiger partial charge on any atom is 0.264 e. The third kappa shape index (κ3) is 4.31. The summed E-state index contributed by atoms with van der Waals surface area (Å²) in [4.78, 5) is 19.3. The maximum atomic E-state index is 13.0. The number of carbonyl (C=O) groups excluding carboxylic acids is 1. The van der Waals surface area contributed by atoms with Gasteiger partial charge in [-0.25, -0.2) is 4.98 Å². The summed E-state index contributed by atoms with van der Waals surface area (Å²) in [5.74, 6) is 1.33. The first-order chi connectivity index (χ1) is 12.0. The number of rotatable bonds is 4. The molecule has 0 spiro atoms. The number of hydrogen-bond acceptors (Lipinski definition) is 4. The van der Waals surface area contributed by atoms with E-state index in [1.54, 1.807) is 19.2 Å². The molecule has 1 N–H and O–H groups in total. The monoisotopic (exact) mass is 398 g/mol. The van der Waals surface area contributed by atoms with Gasteiger partial charge in [-0.05, 0) is 31.5 Å². The van der Waals surface area contributed by atoms with Crippen molar-refractivity contribution in [1.82, 2.24) is 19.8 Å². The molecule has 0 bridgehead atoms. The van der Waals surface area contributed by atoms with E-state index in [9.17, 15) is 4.79 Å². The zero-order valence-electron chi connectivity index (χ0n) is 15.1. The second-order valence-electron chi connectivity index (χ2n) is 6.34. The molecule has 2 heterocycles. The van der Waals surface area contributed by atoms with Crippen molar-refractivity contribution < 1.29 is 9.53 Å². The van der Waals surface area contributed by atoms with Gasteiger partial charge in [-0.3, -0.25) is 4.79 Å². The molecule has 8 heteroatoms. The van der Waals surface area contributed by atoms with Crippen molar-refractivity contribution in [3.05, 3.63) is 47.0 Å². The minimum absolute atomic E-state index is 0. The average molecular weight is 399 g/mol. The van der Waals surface area contributed by atoms with Gasteiger partial charge in [0, 0.05) is 39.1 Å². The van der Waals surface area contributed by atoms with E-state index in [0.717, 1.165) is 17.9 Å². The van der Waals surface area contributed by atoms with Crippen LogP contribution in [0.3, 0.4) is 0 Å². The number of aryl methyl sites for hydroxylation is 2. The molecule has 1 saturated heterocycles. The zero-order valence-corrected chi connectivity index (χ0v) is 16.7. The van der Waals surface area contributed by atoms with E-state index >= 15 is 0 Å². The molecule has 2 atom stereocenters. The quantitative estimate of drug-likeness (QED) is 0.859. The predicted octanol–water partition coefficient (Wildman–Crippen LogP) is 2.74. The van der Waals surface area contributed by atoms with Crippen molar-refractivity contribution in [2.24, 2.45) is 7.05 Å². The summed E-state index contributed by atoms with van der Waals surface area (Å²) >= 11 is 6.19. The molecule has 0 saturated carbocycles. The Morgan fingerprint density at radius 1 is 1.46 bits per heavy atom. The van der Waals surface area contributed by atoms with Crippen LogP contribution in [0.4, 0.5) is 0 Å². The molecule has 1 aromatic carbocycles. The number of nitrogens with one attached hydrogen (secondary N) is 1. The smallest absolute Gasteiger partial charge is 0.264 e. The van der Waals surface area contributed by atoms with Crippen molar-refractivity contribution >= 4 is 29.9 Å². The first-order valence-electron chi connectivity index (χ1n) is 8.38. The Bertz CT molecular complexity index is 765. The van der Waals surface area contributed by atoms with Crippen LogP contribution in [0.25, 0.3) is 0 Å². The van der Waals surface area contributed by atoms with E-state index in [2.05, 4.69) is 10.3 Å². The van der Waals surface area contributed by atoms with Crippen LogP contribution in [-0.4, -0.2) is 46.1 Å². The topological polar surface area (TPSA) is 59.4 Å². The Labute approximate surface area is 164 Å². The molecule has 2 unspecified atom stereocenters. The molecule has 0 aliphatic carbocycles. The minimum atomic E-state index is -0.625. The van der Waals surface area contributed by atoms with Crippen molar-refractivity contribution in [3.63, 3.8) is 0 Å². The fraction of sp³-hybridized carbons (Fsp3) is 0.444. The SMILES string of the molecule is Cc1ccc(Cl)c(OC(C)C(=O)N2CCNCC2c2nccn2C)c1.Cl. The number of halogens is 2. The lowest BCUT2D eigenvalue weighted by Crippen LogP contribution is -2.52. The maximum absolute atomic E-state index is 13.0. The van der Waals surface area contributed by atoms with Gasteiger partial charge in [0.2, 0.25) is 0 Å². The number of nitrogens with zero attached hydrogens (tertiary/aromatic N) is 3. The number of hydrogen-bond donors (Lipinski definition) is 1. The molecule has 142 valence electrons. The number of aromatic nitrogens is 2. The minimum Gasteiger partial charge on any atom is -0.479 e. The zero-order chi connectivity index (χ0) is 18.0. The molecule has 1 aromatic heterocycles. The summed E-state index contributed by atoms with van der Waals surface area (Å²) in [5.41, 5.74) is 1.03. The molecule has 1 aliphatic heterocycles. The van der Waals surface area contributed by atoms with Crippen LogP contribution < -0.4 is 10.1 Å². The molecular weight excluding hydrogens is 375 g/mol. The van der Waals surface area contributed by atoms with E-state index in [1.807, 2.05) is 41.8 Å². The van der Waals surface area contributed by atoms with Crippen LogP contribution in [0.2, 0.25) is 5.02 Å². The fourth-order valence-corrected chi connectivity index (χ4v) is 3.23. The molecule has 1 amide bonds. The highest BCUT2D eigenvalue weighted by molar-refractivity contribution is 6.32. The number of benzene rings is 1. The van der Waals surface area contributed by atoms with Gasteiger partial charge in [0.1, 0.15) is 17.6 Å². The Morgan fingerprint density at radius 3 is 2.92 bits per heavy atom. The normalized spacial score (nSPS) is 18.2. The lowest BCUT2D eigenvalue weighted by atomic mass is 10.1. The van der Waals surface area contributed by atoms with Crippen molar-refractivity contribution in [2.45, 2.75) is 26.0 Å². The molecule has 1 aliphatic rings. The lowest BCUT2D eigenvalue weighted by Gasteiger charge is -2.37. The number of imidazole rings is 1. The number of piperazine rings is 1. The highest BCUT2D eigenvalue weighted by Crippen LogP contribution is 2.28. The predicted molar refractivity (Wildman–Crippen MR) is 104 cm³/mol. The standard InChI is InChI=1S/C18H23ClN4O2.ClH/c1-12-4-5-14(19)16(10-12)25-13(2)18(24)23-9-6-20-11-15(23)17-21-7-8-22(17)3;/h4-5,7-8,10,13,15,20H,6,9,11H2,1-3H3;1H. The highest BCUT2D eigenvalue weighted by Gasteiger charge is 2.33. The number of carbonyl (C=O) groups is 1. The Hall–Kier alpha value is -1.76. The van der Waals surface area contributed by atoms with Crippen LogP contribution in [0.15, 0.2) is 30.6 Å². The third-order valence-corrected chi connectivity index (χ3v) is 4.73. The van der Waals surface area contributed by atoms with Gasteiger partial charge in [-0.15, -0.1) is 12.4 Å². The van der Waals surface area contributed by atoms with Crippen molar-refractivity contribution in [3.8, 4) is 5.75 Å². The third-order valence-electron chi connectivity index (χ3n) is 4.42. The van der Waals surface area contributed by atoms with Crippen LogP contribution in [0.5, 0.6) is 5.75 Å². The summed E-state index contributed by atoms with van der Waals surface area (Å²) in [6.45, 7) is 5.77. The van der Waals surface area contributed by atoms with Gasteiger partial charge >= 0.3 is 0 Å². The van der Waals surface area contributed by atoms with Crippen LogP contribution in [0, 0.1) is 6.92 Å². The molecule has 1 fully saturated rings. The summed E-state index contributed by atoms with van der Waals surface area (Å²) < 4.78 is 7.81. The Morgan fingerprint density at radius 2 is 2.23 bits per heavy atom. The average Bonchev–Trinajstić information content (AvgIpc) is 3.03. The van der Waals surface area contributed by atoms with Crippen LogP contribution >= 0.6 is 24.0 Å². The summed E-state index contributed by atoms with van der Waals surface area (Å²) in [5, 5.41) is 3.84. The van der Waals surface area contributed by atoms with Gasteiger partial charge in [-0.1, -0.05) is 17.7 Å². The molecular formula is C18H24Cl2N4O2. The van der Waals surface area contributed by atoms with E-state index in [-0.39, 0.29) is 24.4 Å². The van der Waals surface area contributed by atoms with E-state index in [4.69, 9.17) is 16.3 Å². The number of amides is 1. The van der Waals surface area contributed by atoms with Gasteiger partial charge in [0.15, 0.2) is 6.10 Å². The van der Waals surface area contributed by atoms with Crippen molar-refractivity contribution in [2.75, 3.05) is 19.6 Å². The fourth-order valence-electron chi connectivity index (χ4n) is 3.07. The van der Waals surface area contributed by atoms with Crippen molar-refractivity contribution in [1.29, 1.82) is 0 Å². The van der Waals surface area contributed by atoms with Crippen LogP contribution in [0.1, 0.15) is 24.4 Å². The Kier molecular flexibility index (Phi) is 6.92. The van der Waals surface area contributed by atoms with Gasteiger partial charge in [0.05, 0.1) is 5.02 Å². The first kappa shape index (κ1) is 20.6. The summed E-state index contributed by atoms with van der Waals surface area (Å²) in [6, 6.07) is 5.43. The molecule has 26 heavy (non-hydrogen) atoms. The second-order valence-corrected chi connectivity index (χ2v) is 6.75. The molecule has 3 rings (SSSR count). The summed E-state index contributed by atoms with van der Waals surface area (Å²) in [7, 11) is 1.94. The summed E-state index contributed by atoms with van der Waals surface area (Å²) in [6.07, 6.45) is 3.01. The molecule has 0 radical (unpaired) electrons. The van der Waals surface area contributed by atoms with E-state index in [0.29, 0.717) is 23.9 Å². The second kappa shape index (κ2) is 8.75.